The zero-order valence-corrected chi connectivity index (χ0v) is 16.7. The highest BCUT2D eigenvalue weighted by molar-refractivity contribution is 5.94. The van der Waals surface area contributed by atoms with E-state index in [-0.39, 0.29) is 17.2 Å². The Hall–Kier alpha value is -2.88. The lowest BCUT2D eigenvalue weighted by molar-refractivity contribution is -0.116. The Kier molecular flexibility index (Phi) is 5.98. The molecule has 2 aromatic rings. The fourth-order valence-electron chi connectivity index (χ4n) is 3.66. The minimum absolute atomic E-state index is 0.0765. The van der Waals surface area contributed by atoms with Crippen molar-refractivity contribution in [2.24, 2.45) is 0 Å². The van der Waals surface area contributed by atoms with Crippen molar-refractivity contribution < 1.29 is 9.59 Å². The largest absolute Gasteiger partial charge is 0.348 e. The molecule has 4 nitrogen and oxygen atoms in total. The Morgan fingerprint density at radius 1 is 1.07 bits per heavy atom. The number of carbonyl (C=O) groups is 2. The van der Waals surface area contributed by atoms with Crippen LogP contribution in [0.1, 0.15) is 46.8 Å². The molecule has 146 valence electrons. The van der Waals surface area contributed by atoms with Gasteiger partial charge >= 0.3 is 0 Å². The van der Waals surface area contributed by atoms with Crippen LogP contribution in [0, 0.1) is 6.92 Å². The molecule has 2 amide bonds. The molecule has 0 saturated carbocycles. The Labute approximate surface area is 167 Å². The molecular formula is C24H28N2O2. The van der Waals surface area contributed by atoms with Gasteiger partial charge in [-0.15, -0.1) is 0 Å². The van der Waals surface area contributed by atoms with Gasteiger partial charge in [-0.2, -0.15) is 0 Å². The van der Waals surface area contributed by atoms with Gasteiger partial charge in [-0.05, 0) is 54.5 Å². The fourth-order valence-corrected chi connectivity index (χ4v) is 3.66. The number of benzene rings is 2. The third kappa shape index (κ3) is 4.50. The second kappa shape index (κ2) is 8.42. The number of amides is 2. The predicted octanol–water partition coefficient (Wildman–Crippen LogP) is 3.99. The van der Waals surface area contributed by atoms with Gasteiger partial charge in [-0.25, -0.2) is 0 Å². The van der Waals surface area contributed by atoms with Gasteiger partial charge in [0, 0.05) is 25.2 Å². The van der Waals surface area contributed by atoms with Crippen molar-refractivity contribution in [2.45, 2.75) is 38.6 Å². The highest BCUT2D eigenvalue weighted by Gasteiger charge is 2.33. The first kappa shape index (κ1) is 19.9. The van der Waals surface area contributed by atoms with Gasteiger partial charge in [-0.3, -0.25) is 9.59 Å². The summed E-state index contributed by atoms with van der Waals surface area (Å²) in [5.74, 6) is -0.127. The van der Waals surface area contributed by atoms with Gasteiger partial charge in [0.1, 0.15) is 0 Å². The summed E-state index contributed by atoms with van der Waals surface area (Å²) in [5.41, 5.74) is 4.40. The van der Waals surface area contributed by atoms with Crippen LogP contribution in [-0.2, 0) is 16.8 Å². The molecule has 1 aliphatic rings. The van der Waals surface area contributed by atoms with Crippen molar-refractivity contribution >= 4 is 11.8 Å². The predicted molar refractivity (Wildman–Crippen MR) is 112 cm³/mol. The van der Waals surface area contributed by atoms with Crippen molar-refractivity contribution in [2.75, 3.05) is 13.1 Å². The number of nitrogens with one attached hydrogen (secondary N) is 1. The fraction of sp³-hybridized carbons (Fsp3) is 0.333. The molecule has 0 aliphatic carbocycles. The molecule has 0 radical (unpaired) electrons. The van der Waals surface area contributed by atoms with Crippen LogP contribution < -0.4 is 5.32 Å². The second-order valence-electron chi connectivity index (χ2n) is 7.84. The lowest BCUT2D eigenvalue weighted by Crippen LogP contribution is -2.43. The highest BCUT2D eigenvalue weighted by atomic mass is 16.2. The zero-order chi connectivity index (χ0) is 20.1. The van der Waals surface area contributed by atoms with Crippen LogP contribution >= 0.6 is 0 Å². The normalized spacial score (nSPS) is 15.7. The number of carbonyl (C=O) groups excluding carboxylic acids is 2. The average molecular weight is 377 g/mol. The highest BCUT2D eigenvalue weighted by Crippen LogP contribution is 2.35. The third-order valence-electron chi connectivity index (χ3n) is 5.76. The van der Waals surface area contributed by atoms with E-state index in [0.29, 0.717) is 12.1 Å². The van der Waals surface area contributed by atoms with Crippen LogP contribution in [0.2, 0.25) is 0 Å². The number of likely N-dealkylation sites (tertiary alicyclic amines) is 1. The van der Waals surface area contributed by atoms with E-state index in [2.05, 4.69) is 50.0 Å². The molecule has 1 N–H and O–H groups in total. The van der Waals surface area contributed by atoms with E-state index in [4.69, 9.17) is 0 Å². The maximum Gasteiger partial charge on any atom is 0.253 e. The van der Waals surface area contributed by atoms with Crippen LogP contribution in [-0.4, -0.2) is 29.8 Å². The van der Waals surface area contributed by atoms with Gasteiger partial charge in [-0.1, -0.05) is 55.5 Å². The SMILES string of the molecule is C=CC(=O)NCc1ccc(C(=O)N2CCC(C)(c3ccc(C)cc3)CC2)cc1. The summed E-state index contributed by atoms with van der Waals surface area (Å²) >= 11 is 0. The molecule has 28 heavy (non-hydrogen) atoms. The average Bonchev–Trinajstić information content (AvgIpc) is 2.73. The monoisotopic (exact) mass is 376 g/mol. The summed E-state index contributed by atoms with van der Waals surface area (Å²) in [6, 6.07) is 16.2. The lowest BCUT2D eigenvalue weighted by atomic mass is 9.74. The van der Waals surface area contributed by atoms with E-state index in [9.17, 15) is 9.59 Å². The number of aryl methyl sites for hydroxylation is 1. The third-order valence-corrected chi connectivity index (χ3v) is 5.76. The van der Waals surface area contributed by atoms with E-state index in [1.807, 2.05) is 29.2 Å². The summed E-state index contributed by atoms with van der Waals surface area (Å²) < 4.78 is 0. The lowest BCUT2D eigenvalue weighted by Gasteiger charge is -2.40. The first-order valence-corrected chi connectivity index (χ1v) is 9.77. The maximum atomic E-state index is 12.9. The second-order valence-corrected chi connectivity index (χ2v) is 7.84. The summed E-state index contributed by atoms with van der Waals surface area (Å²) in [7, 11) is 0. The van der Waals surface area contributed by atoms with Crippen molar-refractivity contribution in [3.8, 4) is 0 Å². The van der Waals surface area contributed by atoms with Gasteiger partial charge in [0.05, 0.1) is 0 Å². The van der Waals surface area contributed by atoms with Crippen LogP contribution in [0.15, 0.2) is 61.2 Å². The van der Waals surface area contributed by atoms with E-state index in [1.165, 1.54) is 17.2 Å². The smallest absolute Gasteiger partial charge is 0.253 e. The Morgan fingerprint density at radius 2 is 1.68 bits per heavy atom. The van der Waals surface area contributed by atoms with E-state index < -0.39 is 0 Å². The topological polar surface area (TPSA) is 49.4 Å². The number of hydrogen-bond donors (Lipinski definition) is 1. The van der Waals surface area contributed by atoms with Gasteiger partial charge in [0.2, 0.25) is 5.91 Å². The van der Waals surface area contributed by atoms with E-state index in [1.54, 1.807) is 0 Å². The van der Waals surface area contributed by atoms with E-state index in [0.717, 1.165) is 31.5 Å². The first-order chi connectivity index (χ1) is 13.4. The maximum absolute atomic E-state index is 12.9. The minimum atomic E-state index is -0.204. The number of piperidine rings is 1. The Morgan fingerprint density at radius 3 is 2.25 bits per heavy atom. The first-order valence-electron chi connectivity index (χ1n) is 9.77. The summed E-state index contributed by atoms with van der Waals surface area (Å²) in [5, 5.41) is 2.74. The molecule has 1 saturated heterocycles. The minimum Gasteiger partial charge on any atom is -0.348 e. The number of hydrogen-bond acceptors (Lipinski definition) is 2. The molecule has 3 rings (SSSR count). The molecule has 0 atom stereocenters. The van der Waals surface area contributed by atoms with Crippen molar-refractivity contribution in [1.29, 1.82) is 0 Å². The molecule has 0 aromatic heterocycles. The van der Waals surface area contributed by atoms with Gasteiger partial charge in [0.25, 0.3) is 5.91 Å². The molecule has 0 bridgehead atoms. The molecular weight excluding hydrogens is 348 g/mol. The quantitative estimate of drug-likeness (QED) is 0.802. The summed E-state index contributed by atoms with van der Waals surface area (Å²) in [4.78, 5) is 26.1. The number of nitrogens with zero attached hydrogens (tertiary/aromatic N) is 1. The van der Waals surface area contributed by atoms with Crippen LogP contribution in [0.25, 0.3) is 0 Å². The van der Waals surface area contributed by atoms with Crippen LogP contribution in [0.5, 0.6) is 0 Å². The molecule has 1 aliphatic heterocycles. The van der Waals surface area contributed by atoms with Gasteiger partial charge in [0.15, 0.2) is 0 Å². The number of rotatable bonds is 5. The van der Waals surface area contributed by atoms with Gasteiger partial charge < -0.3 is 10.2 Å². The zero-order valence-electron chi connectivity index (χ0n) is 16.7. The molecule has 0 unspecified atom stereocenters. The molecule has 1 fully saturated rings. The molecule has 1 heterocycles. The molecule has 0 spiro atoms. The molecule has 4 heteroatoms. The van der Waals surface area contributed by atoms with Crippen molar-refractivity contribution in [3.05, 3.63) is 83.4 Å². The van der Waals surface area contributed by atoms with E-state index >= 15 is 0 Å². The Bertz CT molecular complexity index is 845. The van der Waals surface area contributed by atoms with Crippen LogP contribution in [0.4, 0.5) is 0 Å². The summed E-state index contributed by atoms with van der Waals surface area (Å²) in [6.45, 7) is 9.79. The van der Waals surface area contributed by atoms with Crippen molar-refractivity contribution in [3.63, 3.8) is 0 Å². The van der Waals surface area contributed by atoms with Crippen molar-refractivity contribution in [1.82, 2.24) is 10.2 Å². The Balaban J connectivity index is 1.59. The van der Waals surface area contributed by atoms with Crippen LogP contribution in [0.3, 0.4) is 0 Å². The molecule has 2 aromatic carbocycles. The summed E-state index contributed by atoms with van der Waals surface area (Å²) in [6.07, 6.45) is 3.18. The standard InChI is InChI=1S/C24H28N2O2/c1-4-22(27)25-17-19-7-9-20(10-8-19)23(28)26-15-13-24(3,14-16-26)21-11-5-18(2)6-12-21/h4-12H,1,13-17H2,2-3H3,(H,25,27).